The topological polar surface area (TPSA) is 35.8 Å². The van der Waals surface area contributed by atoms with Crippen molar-refractivity contribution in [3.63, 3.8) is 0 Å². The summed E-state index contributed by atoms with van der Waals surface area (Å²) in [5.41, 5.74) is 0. The molecule has 0 aromatic rings. The van der Waals surface area contributed by atoms with Crippen molar-refractivity contribution in [2.24, 2.45) is 5.92 Å². The molecule has 0 saturated heterocycles. The Kier molecular flexibility index (Phi) is 5.71. The van der Waals surface area contributed by atoms with Gasteiger partial charge in [-0.1, -0.05) is 32.6 Å². The van der Waals surface area contributed by atoms with Gasteiger partial charge in [0.15, 0.2) is 0 Å². The lowest BCUT2D eigenvalue weighted by Crippen LogP contribution is -2.39. The van der Waals surface area contributed by atoms with Crippen LogP contribution in [0.2, 0.25) is 0 Å². The third-order valence-electron chi connectivity index (χ3n) is 3.64. The molecule has 0 aromatic heterocycles. The first-order valence-electron chi connectivity index (χ1n) is 6.43. The highest BCUT2D eigenvalue weighted by Gasteiger charge is 2.20. The first-order chi connectivity index (χ1) is 7.27. The van der Waals surface area contributed by atoms with Crippen molar-refractivity contribution in [2.75, 3.05) is 0 Å². The Balaban J connectivity index is 2.37. The van der Waals surface area contributed by atoms with Crippen molar-refractivity contribution in [1.82, 2.24) is 5.32 Å². The number of hydrogen-bond donors (Lipinski definition) is 1. The molecule has 1 N–H and O–H groups in total. The van der Waals surface area contributed by atoms with Crippen LogP contribution in [0.25, 0.3) is 0 Å². The van der Waals surface area contributed by atoms with Gasteiger partial charge in [-0.15, -0.1) is 0 Å². The molecule has 0 spiro atoms. The molecule has 1 rings (SSSR count). The second-order valence-corrected chi connectivity index (χ2v) is 4.80. The lowest BCUT2D eigenvalue weighted by Gasteiger charge is -2.25. The van der Waals surface area contributed by atoms with Crippen LogP contribution >= 0.6 is 0 Å². The molecule has 2 heteroatoms. The maximum atomic E-state index is 8.92. The van der Waals surface area contributed by atoms with Crippen LogP contribution in [0.4, 0.5) is 0 Å². The van der Waals surface area contributed by atoms with Gasteiger partial charge in [0.25, 0.3) is 0 Å². The molecular formula is C13H24N2. The Morgan fingerprint density at radius 3 is 2.33 bits per heavy atom. The largest absolute Gasteiger partial charge is 0.299 e. The Bertz CT molecular complexity index is 199. The van der Waals surface area contributed by atoms with Crippen molar-refractivity contribution in [1.29, 1.82) is 5.26 Å². The number of hydrogen-bond acceptors (Lipinski definition) is 2. The Labute approximate surface area is 94.1 Å². The van der Waals surface area contributed by atoms with Gasteiger partial charge in [0.1, 0.15) is 0 Å². The summed E-state index contributed by atoms with van der Waals surface area (Å²) in [5, 5.41) is 12.4. The summed E-state index contributed by atoms with van der Waals surface area (Å²) < 4.78 is 0. The summed E-state index contributed by atoms with van der Waals surface area (Å²) in [7, 11) is 0. The molecule has 0 aliphatic heterocycles. The van der Waals surface area contributed by atoms with Crippen molar-refractivity contribution >= 4 is 0 Å². The lowest BCUT2D eigenvalue weighted by atomic mass is 9.92. The van der Waals surface area contributed by atoms with Crippen LogP contribution < -0.4 is 5.32 Å². The Morgan fingerprint density at radius 1 is 1.27 bits per heavy atom. The number of nitriles is 1. The van der Waals surface area contributed by atoms with E-state index in [1.807, 2.05) is 0 Å². The molecule has 2 nitrogen and oxygen atoms in total. The van der Waals surface area contributed by atoms with Crippen LogP contribution in [0.3, 0.4) is 0 Å². The highest BCUT2D eigenvalue weighted by Crippen LogP contribution is 2.25. The van der Waals surface area contributed by atoms with Gasteiger partial charge in [-0.05, 0) is 32.1 Å². The van der Waals surface area contributed by atoms with Gasteiger partial charge in [-0.3, -0.25) is 5.32 Å². The maximum Gasteiger partial charge on any atom is 0.0952 e. The summed E-state index contributed by atoms with van der Waals surface area (Å²) >= 11 is 0. The van der Waals surface area contributed by atoms with Crippen LogP contribution in [-0.4, -0.2) is 12.1 Å². The van der Waals surface area contributed by atoms with Gasteiger partial charge in [0.2, 0.25) is 0 Å². The van der Waals surface area contributed by atoms with Crippen LogP contribution in [-0.2, 0) is 0 Å². The Hall–Kier alpha value is -0.550. The van der Waals surface area contributed by atoms with Crippen LogP contribution in [0.15, 0.2) is 0 Å². The predicted octanol–water partition coefficient (Wildman–Crippen LogP) is 3.24. The van der Waals surface area contributed by atoms with Crippen molar-refractivity contribution in [2.45, 2.75) is 70.9 Å². The molecule has 2 atom stereocenters. The molecule has 0 aromatic carbocycles. The van der Waals surface area contributed by atoms with E-state index >= 15 is 0 Å². The zero-order valence-corrected chi connectivity index (χ0v) is 10.1. The first-order valence-corrected chi connectivity index (χ1v) is 6.43. The van der Waals surface area contributed by atoms with Gasteiger partial charge in [-0.25, -0.2) is 0 Å². The summed E-state index contributed by atoms with van der Waals surface area (Å²) in [6, 6.07) is 2.88. The fraction of sp³-hybridized carbons (Fsp3) is 0.923. The average Bonchev–Trinajstić information content (AvgIpc) is 2.54. The third-order valence-corrected chi connectivity index (χ3v) is 3.64. The zero-order valence-electron chi connectivity index (χ0n) is 10.1. The minimum atomic E-state index is 0.0447. The normalized spacial score (nSPS) is 22.7. The Morgan fingerprint density at radius 2 is 1.87 bits per heavy atom. The molecule has 1 unspecified atom stereocenters. The van der Waals surface area contributed by atoms with E-state index in [2.05, 4.69) is 25.2 Å². The smallest absolute Gasteiger partial charge is 0.0952 e. The quantitative estimate of drug-likeness (QED) is 0.720. The van der Waals surface area contributed by atoms with E-state index in [-0.39, 0.29) is 6.04 Å². The molecule has 1 aliphatic rings. The fourth-order valence-corrected chi connectivity index (χ4v) is 2.51. The molecule has 0 heterocycles. The SMILES string of the molecule is CCC(C#N)N[C@@H](C)C1CCCCCC1. The van der Waals surface area contributed by atoms with Crippen LogP contribution in [0.5, 0.6) is 0 Å². The number of nitrogens with zero attached hydrogens (tertiary/aromatic N) is 1. The minimum absolute atomic E-state index is 0.0447. The van der Waals surface area contributed by atoms with Crippen molar-refractivity contribution in [3.8, 4) is 6.07 Å². The maximum absolute atomic E-state index is 8.92. The van der Waals surface area contributed by atoms with E-state index in [4.69, 9.17) is 5.26 Å². The first kappa shape index (κ1) is 12.5. The van der Waals surface area contributed by atoms with E-state index in [0.29, 0.717) is 6.04 Å². The number of nitrogens with one attached hydrogen (secondary N) is 1. The van der Waals surface area contributed by atoms with Gasteiger partial charge >= 0.3 is 0 Å². The van der Waals surface area contributed by atoms with Crippen LogP contribution in [0.1, 0.15) is 58.8 Å². The number of rotatable bonds is 4. The van der Waals surface area contributed by atoms with E-state index in [0.717, 1.165) is 12.3 Å². The van der Waals surface area contributed by atoms with Crippen molar-refractivity contribution in [3.05, 3.63) is 0 Å². The second-order valence-electron chi connectivity index (χ2n) is 4.80. The minimum Gasteiger partial charge on any atom is -0.299 e. The third kappa shape index (κ3) is 4.22. The molecule has 0 bridgehead atoms. The molecule has 86 valence electrons. The van der Waals surface area contributed by atoms with Crippen molar-refractivity contribution < 1.29 is 0 Å². The molecule has 1 aliphatic carbocycles. The molecule has 0 radical (unpaired) electrons. The summed E-state index contributed by atoms with van der Waals surface area (Å²) in [6.07, 6.45) is 9.15. The molecule has 1 fully saturated rings. The standard InChI is InChI=1S/C13H24N2/c1-3-13(10-14)15-11(2)12-8-6-4-5-7-9-12/h11-13,15H,3-9H2,1-2H3/t11-,13?/m0/s1. The van der Waals surface area contributed by atoms with Crippen LogP contribution in [0, 0.1) is 17.2 Å². The molecule has 1 saturated carbocycles. The zero-order chi connectivity index (χ0) is 11.1. The second kappa shape index (κ2) is 6.85. The average molecular weight is 208 g/mol. The van der Waals surface area contributed by atoms with E-state index in [9.17, 15) is 0 Å². The summed E-state index contributed by atoms with van der Waals surface area (Å²) in [6.45, 7) is 4.32. The van der Waals surface area contributed by atoms with E-state index < -0.39 is 0 Å². The monoisotopic (exact) mass is 208 g/mol. The van der Waals surface area contributed by atoms with E-state index in [1.54, 1.807) is 0 Å². The van der Waals surface area contributed by atoms with Gasteiger partial charge < -0.3 is 0 Å². The summed E-state index contributed by atoms with van der Waals surface area (Å²) in [4.78, 5) is 0. The molecule has 15 heavy (non-hydrogen) atoms. The van der Waals surface area contributed by atoms with Gasteiger partial charge in [0.05, 0.1) is 12.1 Å². The highest BCUT2D eigenvalue weighted by atomic mass is 14.9. The van der Waals surface area contributed by atoms with E-state index in [1.165, 1.54) is 38.5 Å². The lowest BCUT2D eigenvalue weighted by molar-refractivity contribution is 0.323. The molecular weight excluding hydrogens is 184 g/mol. The van der Waals surface area contributed by atoms with Gasteiger partial charge in [0, 0.05) is 6.04 Å². The molecule has 0 amide bonds. The fourth-order valence-electron chi connectivity index (χ4n) is 2.51. The highest BCUT2D eigenvalue weighted by molar-refractivity contribution is 4.91. The summed E-state index contributed by atoms with van der Waals surface area (Å²) in [5.74, 6) is 0.787. The predicted molar refractivity (Wildman–Crippen MR) is 63.5 cm³/mol. The van der Waals surface area contributed by atoms with Gasteiger partial charge in [-0.2, -0.15) is 5.26 Å².